The second-order valence-corrected chi connectivity index (χ2v) is 7.01. The van der Waals surface area contributed by atoms with Gasteiger partial charge in [-0.15, -0.1) is 11.3 Å². The lowest BCUT2D eigenvalue weighted by atomic mass is 9.96. The second kappa shape index (κ2) is 7.56. The highest BCUT2D eigenvalue weighted by Gasteiger charge is 2.32. The zero-order chi connectivity index (χ0) is 18.0. The fraction of sp³-hybridized carbons (Fsp3) is 0.235. The number of carbonyl (C=O) groups is 1. The Labute approximate surface area is 159 Å². The van der Waals surface area contributed by atoms with Crippen molar-refractivity contribution in [3.8, 4) is 0 Å². The molecule has 0 aliphatic carbocycles. The quantitative estimate of drug-likeness (QED) is 0.780. The van der Waals surface area contributed by atoms with Crippen molar-refractivity contribution in [2.24, 2.45) is 4.99 Å². The fourth-order valence-corrected chi connectivity index (χ4v) is 3.65. The molecule has 25 heavy (non-hydrogen) atoms. The average molecular weight is 396 g/mol. The maximum Gasteiger partial charge on any atom is 0.338 e. The van der Waals surface area contributed by atoms with Crippen molar-refractivity contribution in [2.45, 2.75) is 19.9 Å². The van der Waals surface area contributed by atoms with Gasteiger partial charge in [0, 0.05) is 32.9 Å². The number of nitrogens with one attached hydrogen (secondary N) is 1. The summed E-state index contributed by atoms with van der Waals surface area (Å²) >= 11 is 13.8. The van der Waals surface area contributed by atoms with Gasteiger partial charge in [-0.05, 0) is 26.0 Å². The van der Waals surface area contributed by atoms with Crippen LogP contribution in [0, 0.1) is 0 Å². The van der Waals surface area contributed by atoms with E-state index in [1.54, 1.807) is 31.3 Å². The molecule has 0 amide bonds. The van der Waals surface area contributed by atoms with Gasteiger partial charge in [-0.1, -0.05) is 29.3 Å². The largest absolute Gasteiger partial charge is 0.463 e. The van der Waals surface area contributed by atoms with E-state index >= 15 is 0 Å². The molecular weight excluding hydrogens is 381 g/mol. The second-order valence-electron chi connectivity index (χ2n) is 5.27. The molecule has 1 atom stereocenters. The molecule has 0 unspecified atom stereocenters. The highest BCUT2D eigenvalue weighted by molar-refractivity contribution is 7.11. The number of hydrogen-bond donors (Lipinski definition) is 1. The summed E-state index contributed by atoms with van der Waals surface area (Å²) in [6.45, 7) is 3.85. The van der Waals surface area contributed by atoms with Crippen LogP contribution in [-0.2, 0) is 9.53 Å². The molecule has 1 aliphatic heterocycles. The lowest BCUT2D eigenvalue weighted by Gasteiger charge is -2.26. The van der Waals surface area contributed by atoms with Crippen LogP contribution >= 0.6 is 34.5 Å². The Morgan fingerprint density at radius 2 is 2.20 bits per heavy atom. The number of rotatable bonds is 4. The molecule has 1 N–H and O–H groups in total. The normalized spacial score (nSPS) is 17.1. The number of carbonyl (C=O) groups excluding carboxylic acids is 1. The number of aliphatic imine (C=N–C) groups is 1. The molecule has 3 rings (SSSR count). The Bertz CT molecular complexity index is 863. The first kappa shape index (κ1) is 17.9. The van der Waals surface area contributed by atoms with Gasteiger partial charge in [0.2, 0.25) is 0 Å². The SMILES string of the molecule is CCOC(=O)C1=C(C)NC(c2nccs2)=N[C@H]1c1ccc(Cl)cc1Cl. The molecule has 0 saturated heterocycles. The summed E-state index contributed by atoms with van der Waals surface area (Å²) in [5.41, 5.74) is 1.77. The van der Waals surface area contributed by atoms with Crippen LogP contribution in [0.15, 0.2) is 46.0 Å². The molecular formula is C17H15Cl2N3O2S. The van der Waals surface area contributed by atoms with Crippen LogP contribution in [0.25, 0.3) is 0 Å². The fourth-order valence-electron chi connectivity index (χ4n) is 2.55. The summed E-state index contributed by atoms with van der Waals surface area (Å²) in [5.74, 6) is 0.169. The molecule has 1 aromatic heterocycles. The maximum absolute atomic E-state index is 12.5. The number of benzene rings is 1. The molecule has 0 radical (unpaired) electrons. The van der Waals surface area contributed by atoms with Crippen molar-refractivity contribution in [1.29, 1.82) is 0 Å². The van der Waals surface area contributed by atoms with Gasteiger partial charge in [-0.25, -0.2) is 9.78 Å². The van der Waals surface area contributed by atoms with E-state index in [1.165, 1.54) is 11.3 Å². The number of amidine groups is 1. The van der Waals surface area contributed by atoms with Gasteiger partial charge >= 0.3 is 5.97 Å². The van der Waals surface area contributed by atoms with Crippen LogP contribution in [0.4, 0.5) is 0 Å². The minimum absolute atomic E-state index is 0.278. The summed E-state index contributed by atoms with van der Waals surface area (Å²) in [6.07, 6.45) is 1.70. The van der Waals surface area contributed by atoms with E-state index in [0.717, 1.165) is 5.01 Å². The zero-order valence-electron chi connectivity index (χ0n) is 13.5. The Kier molecular flexibility index (Phi) is 5.42. The van der Waals surface area contributed by atoms with Gasteiger partial charge in [0.25, 0.3) is 0 Å². The topological polar surface area (TPSA) is 63.6 Å². The molecule has 8 heteroatoms. The van der Waals surface area contributed by atoms with E-state index in [9.17, 15) is 4.79 Å². The van der Waals surface area contributed by atoms with Crippen molar-refractivity contribution in [2.75, 3.05) is 6.61 Å². The van der Waals surface area contributed by atoms with Crippen LogP contribution < -0.4 is 5.32 Å². The monoisotopic (exact) mass is 395 g/mol. The third-order valence-corrected chi connectivity index (χ3v) is 4.97. The van der Waals surface area contributed by atoms with Crippen molar-refractivity contribution < 1.29 is 9.53 Å². The number of nitrogens with zero attached hydrogens (tertiary/aromatic N) is 2. The molecule has 1 aliphatic rings. The summed E-state index contributed by atoms with van der Waals surface area (Å²) < 4.78 is 5.20. The molecule has 0 bridgehead atoms. The highest BCUT2D eigenvalue weighted by Crippen LogP contribution is 2.37. The van der Waals surface area contributed by atoms with Crippen molar-refractivity contribution in [1.82, 2.24) is 10.3 Å². The number of allylic oxidation sites excluding steroid dienone is 1. The van der Waals surface area contributed by atoms with E-state index in [0.29, 0.717) is 32.7 Å². The molecule has 0 saturated carbocycles. The Hall–Kier alpha value is -1.89. The van der Waals surface area contributed by atoms with Crippen LogP contribution in [0.5, 0.6) is 0 Å². The number of aromatic nitrogens is 1. The van der Waals surface area contributed by atoms with E-state index in [-0.39, 0.29) is 6.61 Å². The molecule has 5 nitrogen and oxygen atoms in total. The Morgan fingerprint density at radius 3 is 2.84 bits per heavy atom. The third kappa shape index (κ3) is 3.71. The summed E-state index contributed by atoms with van der Waals surface area (Å²) in [4.78, 5) is 21.5. The first-order valence-electron chi connectivity index (χ1n) is 7.58. The van der Waals surface area contributed by atoms with E-state index in [1.807, 2.05) is 12.3 Å². The smallest absolute Gasteiger partial charge is 0.338 e. The highest BCUT2D eigenvalue weighted by atomic mass is 35.5. The van der Waals surface area contributed by atoms with Gasteiger partial charge in [-0.2, -0.15) is 0 Å². The van der Waals surface area contributed by atoms with Gasteiger partial charge in [0.1, 0.15) is 6.04 Å². The standard InChI is InChI=1S/C17H15Cl2N3O2S/c1-3-24-17(23)13-9(2)21-15(16-20-6-7-25-16)22-14(13)11-5-4-10(18)8-12(11)19/h4-8,14H,3H2,1-2H3,(H,21,22)/t14-/m0/s1. The number of esters is 1. The number of thiazole rings is 1. The number of halogens is 2. The van der Waals surface area contributed by atoms with Gasteiger partial charge in [0.15, 0.2) is 10.8 Å². The minimum atomic E-state index is -0.594. The van der Waals surface area contributed by atoms with E-state index < -0.39 is 12.0 Å². The van der Waals surface area contributed by atoms with Gasteiger partial charge < -0.3 is 10.1 Å². The van der Waals surface area contributed by atoms with Crippen LogP contribution in [0.1, 0.15) is 30.5 Å². The molecule has 2 heterocycles. The summed E-state index contributed by atoms with van der Waals surface area (Å²) in [7, 11) is 0. The summed E-state index contributed by atoms with van der Waals surface area (Å²) in [5, 5.41) is 6.70. The predicted molar refractivity (Wildman–Crippen MR) is 100 cm³/mol. The molecule has 0 fully saturated rings. The summed E-state index contributed by atoms with van der Waals surface area (Å²) in [6, 6.07) is 4.54. The van der Waals surface area contributed by atoms with Crippen LogP contribution in [0.3, 0.4) is 0 Å². The predicted octanol–water partition coefficient (Wildman–Crippen LogP) is 4.38. The number of ether oxygens (including phenoxy) is 1. The van der Waals surface area contributed by atoms with E-state index in [2.05, 4.69) is 15.3 Å². The first-order valence-corrected chi connectivity index (χ1v) is 9.22. The Morgan fingerprint density at radius 1 is 1.40 bits per heavy atom. The van der Waals surface area contributed by atoms with Crippen molar-refractivity contribution >= 4 is 46.3 Å². The Balaban J connectivity index is 2.11. The third-order valence-electron chi connectivity index (χ3n) is 3.63. The zero-order valence-corrected chi connectivity index (χ0v) is 15.9. The molecule has 0 spiro atoms. The maximum atomic E-state index is 12.5. The minimum Gasteiger partial charge on any atom is -0.463 e. The first-order chi connectivity index (χ1) is 12.0. The molecule has 2 aromatic rings. The van der Waals surface area contributed by atoms with Crippen molar-refractivity contribution in [3.05, 3.63) is 61.7 Å². The number of hydrogen-bond acceptors (Lipinski definition) is 6. The van der Waals surface area contributed by atoms with Gasteiger partial charge in [0.05, 0.1) is 12.2 Å². The molecule has 1 aromatic carbocycles. The van der Waals surface area contributed by atoms with Gasteiger partial charge in [-0.3, -0.25) is 4.99 Å². The lowest BCUT2D eigenvalue weighted by molar-refractivity contribution is -0.138. The van der Waals surface area contributed by atoms with Crippen LogP contribution in [0.2, 0.25) is 10.0 Å². The van der Waals surface area contributed by atoms with E-state index in [4.69, 9.17) is 27.9 Å². The average Bonchev–Trinajstić information content (AvgIpc) is 3.08. The van der Waals surface area contributed by atoms with Crippen LogP contribution in [-0.4, -0.2) is 23.4 Å². The lowest BCUT2D eigenvalue weighted by Crippen LogP contribution is -2.32. The molecule has 130 valence electrons. The van der Waals surface area contributed by atoms with Crippen molar-refractivity contribution in [3.63, 3.8) is 0 Å².